The number of unbranched alkanes of at least 4 members (excludes halogenated alkanes) is 2. The predicted octanol–water partition coefficient (Wildman–Crippen LogP) is 4.42. The maximum atomic E-state index is 3.50. The van der Waals surface area contributed by atoms with Crippen molar-refractivity contribution in [2.75, 3.05) is 23.7 Å². The molecule has 0 amide bonds. The summed E-state index contributed by atoms with van der Waals surface area (Å²) in [4.78, 5) is 0. The molecule has 0 fully saturated rings. The summed E-state index contributed by atoms with van der Waals surface area (Å²) in [6, 6.07) is 6.57. The van der Waals surface area contributed by atoms with Gasteiger partial charge in [-0.15, -0.1) is 0 Å². The Morgan fingerprint density at radius 2 is 1.59 bits per heavy atom. The molecule has 1 aromatic carbocycles. The Bertz CT molecular complexity index is 321. The van der Waals surface area contributed by atoms with Crippen molar-refractivity contribution in [3.63, 3.8) is 0 Å². The quantitative estimate of drug-likeness (QED) is 0.651. The molecule has 17 heavy (non-hydrogen) atoms. The molecule has 0 aliphatic heterocycles. The van der Waals surface area contributed by atoms with Crippen LogP contribution in [0, 0.1) is 6.92 Å². The molecule has 0 saturated heterocycles. The number of benzene rings is 1. The van der Waals surface area contributed by atoms with E-state index in [2.05, 4.69) is 49.6 Å². The molecule has 0 radical (unpaired) electrons. The fourth-order valence-electron chi connectivity index (χ4n) is 1.73. The highest BCUT2D eigenvalue weighted by Gasteiger charge is 1.99. The molecule has 0 bridgehead atoms. The van der Waals surface area contributed by atoms with E-state index in [1.54, 1.807) is 0 Å². The molecular weight excluding hydrogens is 208 g/mol. The van der Waals surface area contributed by atoms with E-state index in [-0.39, 0.29) is 0 Å². The zero-order valence-electron chi connectivity index (χ0n) is 11.5. The van der Waals surface area contributed by atoms with E-state index in [1.165, 1.54) is 42.6 Å². The van der Waals surface area contributed by atoms with Crippen molar-refractivity contribution in [2.24, 2.45) is 0 Å². The van der Waals surface area contributed by atoms with Crippen LogP contribution in [0.5, 0.6) is 0 Å². The van der Waals surface area contributed by atoms with Gasteiger partial charge in [0.2, 0.25) is 0 Å². The van der Waals surface area contributed by atoms with Crippen LogP contribution < -0.4 is 10.6 Å². The molecule has 1 aromatic rings. The minimum Gasteiger partial charge on any atom is -0.385 e. The second kappa shape index (κ2) is 7.99. The molecule has 1 rings (SSSR count). The van der Waals surface area contributed by atoms with Gasteiger partial charge in [0, 0.05) is 24.5 Å². The van der Waals surface area contributed by atoms with Crippen molar-refractivity contribution in [1.29, 1.82) is 0 Å². The van der Waals surface area contributed by atoms with E-state index >= 15 is 0 Å². The number of hydrogen-bond acceptors (Lipinski definition) is 2. The van der Waals surface area contributed by atoms with E-state index < -0.39 is 0 Å². The van der Waals surface area contributed by atoms with Crippen molar-refractivity contribution >= 4 is 11.4 Å². The number of rotatable bonds is 8. The predicted molar refractivity (Wildman–Crippen MR) is 78.0 cm³/mol. The SMILES string of the molecule is CCCCNc1ccc(C)c(NCCCC)c1. The normalized spacial score (nSPS) is 10.3. The van der Waals surface area contributed by atoms with Gasteiger partial charge >= 0.3 is 0 Å². The summed E-state index contributed by atoms with van der Waals surface area (Å²) < 4.78 is 0. The largest absolute Gasteiger partial charge is 0.385 e. The molecular formula is C15H26N2. The van der Waals surface area contributed by atoms with Gasteiger partial charge in [-0.3, -0.25) is 0 Å². The smallest absolute Gasteiger partial charge is 0.0390 e. The lowest BCUT2D eigenvalue weighted by Gasteiger charge is -2.12. The van der Waals surface area contributed by atoms with Crippen LogP contribution in [0.1, 0.15) is 45.1 Å². The Kier molecular flexibility index (Phi) is 6.53. The third-order valence-corrected chi connectivity index (χ3v) is 2.94. The summed E-state index contributed by atoms with van der Waals surface area (Å²) in [6.45, 7) is 8.72. The van der Waals surface area contributed by atoms with E-state index in [4.69, 9.17) is 0 Å². The molecule has 2 N–H and O–H groups in total. The van der Waals surface area contributed by atoms with Gasteiger partial charge in [0.25, 0.3) is 0 Å². The first kappa shape index (κ1) is 13.9. The summed E-state index contributed by atoms with van der Waals surface area (Å²) >= 11 is 0. The molecule has 0 saturated carbocycles. The van der Waals surface area contributed by atoms with Gasteiger partial charge in [0.05, 0.1) is 0 Å². The van der Waals surface area contributed by atoms with E-state index in [0.717, 1.165) is 13.1 Å². The average molecular weight is 234 g/mol. The number of anilines is 2. The Hall–Kier alpha value is -1.18. The topological polar surface area (TPSA) is 24.1 Å². The highest BCUT2D eigenvalue weighted by atomic mass is 14.9. The van der Waals surface area contributed by atoms with Crippen LogP contribution >= 0.6 is 0 Å². The zero-order chi connectivity index (χ0) is 12.5. The summed E-state index contributed by atoms with van der Waals surface area (Å²) in [6.07, 6.45) is 4.93. The van der Waals surface area contributed by atoms with E-state index in [0.29, 0.717) is 0 Å². The maximum Gasteiger partial charge on any atom is 0.0390 e. The first-order valence-electron chi connectivity index (χ1n) is 6.86. The first-order valence-corrected chi connectivity index (χ1v) is 6.86. The third kappa shape index (κ3) is 5.12. The van der Waals surface area contributed by atoms with Crippen LogP contribution in [0.2, 0.25) is 0 Å². The van der Waals surface area contributed by atoms with E-state index in [9.17, 15) is 0 Å². The fraction of sp³-hybridized carbons (Fsp3) is 0.600. The van der Waals surface area contributed by atoms with Crippen LogP contribution in [0.4, 0.5) is 11.4 Å². The molecule has 0 aromatic heterocycles. The molecule has 0 heterocycles. The van der Waals surface area contributed by atoms with Crippen molar-refractivity contribution in [2.45, 2.75) is 46.5 Å². The summed E-state index contributed by atoms with van der Waals surface area (Å²) in [5.74, 6) is 0. The second-order valence-electron chi connectivity index (χ2n) is 4.59. The van der Waals surface area contributed by atoms with Crippen LogP contribution in [-0.2, 0) is 0 Å². The van der Waals surface area contributed by atoms with Gasteiger partial charge in [-0.2, -0.15) is 0 Å². The van der Waals surface area contributed by atoms with Gasteiger partial charge in [-0.1, -0.05) is 32.8 Å². The lowest BCUT2D eigenvalue weighted by molar-refractivity contribution is 0.831. The fourth-order valence-corrected chi connectivity index (χ4v) is 1.73. The van der Waals surface area contributed by atoms with Crippen molar-refractivity contribution in [3.05, 3.63) is 23.8 Å². The summed E-state index contributed by atoms with van der Waals surface area (Å²) in [5, 5.41) is 6.97. The Balaban J connectivity index is 2.53. The van der Waals surface area contributed by atoms with Crippen molar-refractivity contribution in [3.8, 4) is 0 Å². The van der Waals surface area contributed by atoms with Crippen molar-refractivity contribution < 1.29 is 0 Å². The number of aryl methyl sites for hydroxylation is 1. The Morgan fingerprint density at radius 3 is 2.24 bits per heavy atom. The first-order chi connectivity index (χ1) is 8.27. The van der Waals surface area contributed by atoms with Crippen LogP contribution in [0.3, 0.4) is 0 Å². The second-order valence-corrected chi connectivity index (χ2v) is 4.59. The minimum atomic E-state index is 1.06. The summed E-state index contributed by atoms with van der Waals surface area (Å²) in [7, 11) is 0. The molecule has 0 aliphatic rings. The Morgan fingerprint density at radius 1 is 0.941 bits per heavy atom. The summed E-state index contributed by atoms with van der Waals surface area (Å²) in [5.41, 5.74) is 3.81. The van der Waals surface area contributed by atoms with Crippen LogP contribution in [0.15, 0.2) is 18.2 Å². The van der Waals surface area contributed by atoms with Gasteiger partial charge in [-0.25, -0.2) is 0 Å². The monoisotopic (exact) mass is 234 g/mol. The highest BCUT2D eigenvalue weighted by Crippen LogP contribution is 2.20. The number of hydrogen-bond donors (Lipinski definition) is 2. The molecule has 96 valence electrons. The highest BCUT2D eigenvalue weighted by molar-refractivity contribution is 5.61. The zero-order valence-corrected chi connectivity index (χ0v) is 11.5. The van der Waals surface area contributed by atoms with E-state index in [1.807, 2.05) is 0 Å². The van der Waals surface area contributed by atoms with Gasteiger partial charge in [0.15, 0.2) is 0 Å². The van der Waals surface area contributed by atoms with Gasteiger partial charge < -0.3 is 10.6 Å². The van der Waals surface area contributed by atoms with Crippen LogP contribution in [0.25, 0.3) is 0 Å². The minimum absolute atomic E-state index is 1.06. The lowest BCUT2D eigenvalue weighted by Crippen LogP contribution is -2.05. The third-order valence-electron chi connectivity index (χ3n) is 2.94. The average Bonchev–Trinajstić information content (AvgIpc) is 2.33. The molecule has 0 spiro atoms. The van der Waals surface area contributed by atoms with Crippen molar-refractivity contribution in [1.82, 2.24) is 0 Å². The Labute approximate surface area is 106 Å². The van der Waals surface area contributed by atoms with Gasteiger partial charge in [-0.05, 0) is 37.5 Å². The number of nitrogens with one attached hydrogen (secondary N) is 2. The molecule has 2 heteroatoms. The molecule has 0 atom stereocenters. The maximum absolute atomic E-state index is 3.50. The molecule has 2 nitrogen and oxygen atoms in total. The van der Waals surface area contributed by atoms with Crippen LogP contribution in [-0.4, -0.2) is 13.1 Å². The molecule has 0 unspecified atom stereocenters. The lowest BCUT2D eigenvalue weighted by atomic mass is 10.1. The molecule has 0 aliphatic carbocycles. The van der Waals surface area contributed by atoms with Gasteiger partial charge in [0.1, 0.15) is 0 Å². The standard InChI is InChI=1S/C15H26N2/c1-4-6-10-16-14-9-8-13(3)15(12-14)17-11-7-5-2/h8-9,12,16-17H,4-7,10-11H2,1-3H3.